The van der Waals surface area contributed by atoms with Crippen molar-refractivity contribution in [3.8, 4) is 23.0 Å². The summed E-state index contributed by atoms with van der Waals surface area (Å²) in [5, 5.41) is 2.54. The average Bonchev–Trinajstić information content (AvgIpc) is 3.80. The van der Waals surface area contributed by atoms with Gasteiger partial charge in [-0.1, -0.05) is 91.0 Å². The monoisotopic (exact) mass is 724 g/mol. The van der Waals surface area contributed by atoms with E-state index in [0.717, 1.165) is 45.7 Å². The maximum atomic E-state index is 6.94. The van der Waals surface area contributed by atoms with Crippen molar-refractivity contribution in [3.63, 3.8) is 0 Å². The van der Waals surface area contributed by atoms with E-state index in [9.17, 15) is 0 Å². The Morgan fingerprint density at radius 1 is 0.407 bits per heavy atom. The van der Waals surface area contributed by atoms with Crippen LogP contribution in [0.25, 0.3) is 20.2 Å². The molecule has 7 aromatic carbocycles. The largest absolute Gasteiger partial charge is 0.458 e. The second kappa shape index (κ2) is 10.7. The Morgan fingerprint density at radius 2 is 0.852 bits per heavy atom. The highest BCUT2D eigenvalue weighted by atomic mass is 32.1. The van der Waals surface area contributed by atoms with Gasteiger partial charge < -0.3 is 19.3 Å². The molecule has 4 nitrogen and oxygen atoms in total. The fourth-order valence-corrected chi connectivity index (χ4v) is 12.1. The second-order valence-corrected chi connectivity index (χ2v) is 16.5. The molecule has 0 aliphatic carbocycles. The van der Waals surface area contributed by atoms with E-state index in [4.69, 9.17) is 9.47 Å². The van der Waals surface area contributed by atoms with E-state index in [1.165, 1.54) is 63.0 Å². The molecule has 4 aliphatic heterocycles. The van der Waals surface area contributed by atoms with Gasteiger partial charge in [-0.25, -0.2) is 0 Å². The van der Waals surface area contributed by atoms with Gasteiger partial charge in [0.05, 0.1) is 11.4 Å². The molecule has 4 aliphatic rings. The molecule has 0 radical (unpaired) electrons. The molecule has 8 heteroatoms. The maximum absolute atomic E-state index is 6.94. The first-order valence-corrected chi connectivity index (χ1v) is 20.0. The first kappa shape index (κ1) is 29.3. The van der Waals surface area contributed by atoms with Crippen LogP contribution in [0.4, 0.5) is 34.1 Å². The Labute approximate surface area is 320 Å². The van der Waals surface area contributed by atoms with Crippen LogP contribution in [-0.4, -0.2) is 13.4 Å². The zero-order chi connectivity index (χ0) is 35.1. The molecule has 250 valence electrons. The lowest BCUT2D eigenvalue weighted by Gasteiger charge is -2.40. The number of benzene rings is 7. The third-order valence-electron chi connectivity index (χ3n) is 11.5. The van der Waals surface area contributed by atoms with E-state index in [-0.39, 0.29) is 13.4 Å². The van der Waals surface area contributed by atoms with Crippen LogP contribution in [0.5, 0.6) is 23.0 Å². The number of anilines is 6. The van der Waals surface area contributed by atoms with Gasteiger partial charge in [-0.2, -0.15) is 0 Å². The predicted octanol–water partition coefficient (Wildman–Crippen LogP) is 8.93. The molecule has 0 N–H and O–H groups in total. The molecular formula is C46H26B2N2O2S2. The van der Waals surface area contributed by atoms with Crippen molar-refractivity contribution in [1.82, 2.24) is 0 Å². The van der Waals surface area contributed by atoms with Gasteiger partial charge in [-0.05, 0) is 82.5 Å². The standard InChI is InChI=1S/C46H26B2N2O2S2/c1-3-13-27(14-4-1)49-33-19-11-21-35-41(33)47(45-43(49)29-17-7-9-23-39(29)53-45)31-25-32-38(26-37(31)51-35)52-36-22-12-20-34-42(36)48(32)46-44(30-18-8-10-24-40(30)54-46)50(34)28-15-5-2-6-16-28/h1-26H. The van der Waals surface area contributed by atoms with Crippen molar-refractivity contribution in [1.29, 1.82) is 0 Å². The summed E-state index contributed by atoms with van der Waals surface area (Å²) in [6, 6.07) is 56.8. The van der Waals surface area contributed by atoms with Gasteiger partial charge in [0.15, 0.2) is 0 Å². The normalized spacial score (nSPS) is 14.1. The van der Waals surface area contributed by atoms with E-state index in [2.05, 4.69) is 168 Å². The smallest absolute Gasteiger partial charge is 0.268 e. The number of nitrogens with zero attached hydrogens (tertiary/aromatic N) is 2. The minimum absolute atomic E-state index is 0.000499. The van der Waals surface area contributed by atoms with Crippen LogP contribution in [0.15, 0.2) is 158 Å². The fraction of sp³-hybridized carbons (Fsp3) is 0. The number of thiophene rings is 2. The van der Waals surface area contributed by atoms with E-state index >= 15 is 0 Å². The van der Waals surface area contributed by atoms with Crippen molar-refractivity contribution in [2.75, 3.05) is 9.80 Å². The molecule has 0 spiro atoms. The highest BCUT2D eigenvalue weighted by Crippen LogP contribution is 2.48. The van der Waals surface area contributed by atoms with Crippen molar-refractivity contribution < 1.29 is 9.47 Å². The molecule has 6 heterocycles. The van der Waals surface area contributed by atoms with E-state index < -0.39 is 0 Å². The van der Waals surface area contributed by atoms with E-state index in [1.807, 2.05) is 22.7 Å². The van der Waals surface area contributed by atoms with Gasteiger partial charge in [-0.15, -0.1) is 22.7 Å². The summed E-state index contributed by atoms with van der Waals surface area (Å²) in [5.41, 5.74) is 11.9. The van der Waals surface area contributed by atoms with Gasteiger partial charge in [0.2, 0.25) is 0 Å². The summed E-state index contributed by atoms with van der Waals surface area (Å²) in [6.45, 7) is 0.000998. The van der Waals surface area contributed by atoms with E-state index in [1.54, 1.807) is 0 Å². The van der Waals surface area contributed by atoms with Crippen molar-refractivity contribution in [2.24, 2.45) is 0 Å². The predicted molar refractivity (Wildman–Crippen MR) is 229 cm³/mol. The molecule has 0 unspecified atom stereocenters. The minimum atomic E-state index is 0.000499. The minimum Gasteiger partial charge on any atom is -0.458 e. The number of ether oxygens (including phenoxy) is 2. The van der Waals surface area contributed by atoms with Crippen molar-refractivity contribution >= 4 is 122 Å². The highest BCUT2D eigenvalue weighted by Gasteiger charge is 2.48. The lowest BCUT2D eigenvalue weighted by atomic mass is 9.33. The van der Waals surface area contributed by atoms with Gasteiger partial charge in [-0.3, -0.25) is 0 Å². The maximum Gasteiger partial charge on any atom is 0.268 e. The second-order valence-electron chi connectivity index (χ2n) is 14.3. The summed E-state index contributed by atoms with van der Waals surface area (Å²) < 4.78 is 19.1. The topological polar surface area (TPSA) is 24.9 Å². The highest BCUT2D eigenvalue weighted by molar-refractivity contribution is 7.34. The van der Waals surface area contributed by atoms with Crippen LogP contribution in [0, 0.1) is 0 Å². The SMILES string of the molecule is c1ccc(N2c3cccc4c3B(c3cc5c(cc3O4)Oc3cccc4c3B5c3sc5ccccc5c3N4c3ccccc3)c3sc4ccccc4c32)cc1. The fourth-order valence-electron chi connectivity index (χ4n) is 9.41. The van der Waals surface area contributed by atoms with Crippen LogP contribution in [-0.2, 0) is 0 Å². The summed E-state index contributed by atoms with van der Waals surface area (Å²) >= 11 is 3.81. The molecule has 0 atom stereocenters. The van der Waals surface area contributed by atoms with Crippen LogP contribution in [0.2, 0.25) is 0 Å². The molecular weight excluding hydrogens is 698 g/mol. The Bertz CT molecular complexity index is 2850. The first-order chi connectivity index (χ1) is 26.8. The summed E-state index contributed by atoms with van der Waals surface area (Å²) in [6.07, 6.45) is 0. The Kier molecular flexibility index (Phi) is 5.79. The van der Waals surface area contributed by atoms with Gasteiger partial charge >= 0.3 is 0 Å². The van der Waals surface area contributed by atoms with Crippen LogP contribution < -0.4 is 50.7 Å². The molecule has 54 heavy (non-hydrogen) atoms. The van der Waals surface area contributed by atoms with Crippen LogP contribution in [0.1, 0.15) is 0 Å². The average molecular weight is 724 g/mol. The van der Waals surface area contributed by atoms with Gasteiger partial charge in [0, 0.05) is 58.5 Å². The molecule has 0 saturated heterocycles. The number of para-hydroxylation sites is 2. The van der Waals surface area contributed by atoms with Gasteiger partial charge in [0.25, 0.3) is 13.4 Å². The zero-order valence-electron chi connectivity index (χ0n) is 28.7. The molecule has 0 amide bonds. The van der Waals surface area contributed by atoms with Gasteiger partial charge in [0.1, 0.15) is 23.0 Å². The Hall–Kier alpha value is -6.21. The summed E-state index contributed by atoms with van der Waals surface area (Å²) in [5.74, 6) is 3.52. The quantitative estimate of drug-likeness (QED) is 0.166. The number of fused-ring (bicyclic) bond motifs is 12. The zero-order valence-corrected chi connectivity index (χ0v) is 30.3. The lowest BCUT2D eigenvalue weighted by molar-refractivity contribution is 0.466. The summed E-state index contributed by atoms with van der Waals surface area (Å²) in [7, 11) is 0. The molecule has 13 rings (SSSR count). The Balaban J connectivity index is 1.08. The first-order valence-electron chi connectivity index (χ1n) is 18.3. The van der Waals surface area contributed by atoms with Crippen molar-refractivity contribution in [3.05, 3.63) is 158 Å². The molecule has 0 fully saturated rings. The summed E-state index contributed by atoms with van der Waals surface area (Å²) in [4.78, 5) is 4.90. The number of hydrogen-bond acceptors (Lipinski definition) is 6. The van der Waals surface area contributed by atoms with Crippen molar-refractivity contribution in [2.45, 2.75) is 0 Å². The van der Waals surface area contributed by atoms with Crippen LogP contribution >= 0.6 is 22.7 Å². The molecule has 2 aromatic heterocycles. The Morgan fingerprint density at radius 3 is 1.33 bits per heavy atom. The van der Waals surface area contributed by atoms with Crippen LogP contribution in [0.3, 0.4) is 0 Å². The number of hydrogen-bond donors (Lipinski definition) is 0. The third kappa shape index (κ3) is 3.78. The lowest BCUT2D eigenvalue weighted by Crippen LogP contribution is -2.62. The molecule has 0 saturated carbocycles. The number of rotatable bonds is 2. The molecule has 0 bridgehead atoms. The molecule has 9 aromatic rings. The third-order valence-corrected chi connectivity index (χ3v) is 14.0. The van der Waals surface area contributed by atoms with E-state index in [0.29, 0.717) is 0 Å².